The van der Waals surface area contributed by atoms with E-state index in [1.807, 2.05) is 11.8 Å². The summed E-state index contributed by atoms with van der Waals surface area (Å²) in [5.74, 6) is 2.24. The number of rotatable bonds is 4. The van der Waals surface area contributed by atoms with Crippen molar-refractivity contribution in [1.29, 1.82) is 0 Å². The lowest BCUT2D eigenvalue weighted by molar-refractivity contribution is 0.407. The summed E-state index contributed by atoms with van der Waals surface area (Å²) in [6, 6.07) is 0. The predicted molar refractivity (Wildman–Crippen MR) is 56.6 cm³/mol. The van der Waals surface area contributed by atoms with Gasteiger partial charge in [0, 0.05) is 11.8 Å². The van der Waals surface area contributed by atoms with Crippen molar-refractivity contribution in [3.05, 3.63) is 0 Å². The second kappa shape index (κ2) is 5.84. The fourth-order valence-corrected chi connectivity index (χ4v) is 2.49. The van der Waals surface area contributed by atoms with Gasteiger partial charge in [0.2, 0.25) is 0 Å². The molecular weight excluding hydrogens is 168 g/mol. The molecule has 3 N–H and O–H groups in total. The average molecular weight is 188 g/mol. The van der Waals surface area contributed by atoms with E-state index in [9.17, 15) is 0 Å². The Balaban J connectivity index is 2.05. The van der Waals surface area contributed by atoms with Gasteiger partial charge < -0.3 is 11.1 Å². The molecule has 12 heavy (non-hydrogen) atoms. The first kappa shape index (κ1) is 10.4. The van der Waals surface area contributed by atoms with E-state index in [1.54, 1.807) is 0 Å². The lowest BCUT2D eigenvalue weighted by Gasteiger charge is -2.23. The van der Waals surface area contributed by atoms with Gasteiger partial charge in [0.05, 0.1) is 0 Å². The third-order valence-corrected chi connectivity index (χ3v) is 3.83. The van der Waals surface area contributed by atoms with E-state index in [-0.39, 0.29) is 0 Å². The van der Waals surface area contributed by atoms with Crippen molar-refractivity contribution >= 4 is 11.8 Å². The molecule has 1 rings (SSSR count). The van der Waals surface area contributed by atoms with E-state index in [2.05, 4.69) is 12.2 Å². The summed E-state index contributed by atoms with van der Waals surface area (Å²) in [4.78, 5) is 0. The zero-order valence-corrected chi connectivity index (χ0v) is 8.70. The highest BCUT2D eigenvalue weighted by Gasteiger charge is 2.13. The number of piperidine rings is 1. The third kappa shape index (κ3) is 3.78. The van der Waals surface area contributed by atoms with Gasteiger partial charge in [-0.3, -0.25) is 0 Å². The van der Waals surface area contributed by atoms with Gasteiger partial charge in [0.1, 0.15) is 0 Å². The molecule has 0 aliphatic carbocycles. The summed E-state index contributed by atoms with van der Waals surface area (Å²) in [6.07, 6.45) is 2.70. The Kier molecular flexibility index (Phi) is 5.04. The molecule has 1 saturated heterocycles. The predicted octanol–water partition coefficient (Wildman–Crippen LogP) is 1.07. The Hall–Kier alpha value is 0.270. The largest absolute Gasteiger partial charge is 0.329 e. The number of hydrogen-bond acceptors (Lipinski definition) is 3. The molecule has 1 fully saturated rings. The Labute approximate surface area is 79.7 Å². The molecule has 72 valence electrons. The topological polar surface area (TPSA) is 38.0 Å². The fraction of sp³-hybridized carbons (Fsp3) is 1.00. The van der Waals surface area contributed by atoms with E-state index in [1.165, 1.54) is 31.7 Å². The lowest BCUT2D eigenvalue weighted by atomic mass is 10.0. The minimum atomic E-state index is 0.639. The standard InChI is InChI=1S/C9H20N2S/c1-8(6-10)12-7-9-2-4-11-5-3-9/h8-9,11H,2-7,10H2,1H3. The van der Waals surface area contributed by atoms with Gasteiger partial charge in [-0.2, -0.15) is 11.8 Å². The van der Waals surface area contributed by atoms with Crippen LogP contribution in [0.3, 0.4) is 0 Å². The second-order valence-corrected chi connectivity index (χ2v) is 5.04. The molecule has 0 bridgehead atoms. The van der Waals surface area contributed by atoms with Crippen LogP contribution in [0, 0.1) is 5.92 Å². The van der Waals surface area contributed by atoms with Crippen LogP contribution >= 0.6 is 11.8 Å². The normalized spacial score (nSPS) is 22.5. The van der Waals surface area contributed by atoms with Crippen LogP contribution in [0.1, 0.15) is 19.8 Å². The molecule has 1 aliphatic heterocycles. The van der Waals surface area contributed by atoms with Crippen LogP contribution in [-0.2, 0) is 0 Å². The van der Waals surface area contributed by atoms with Crippen molar-refractivity contribution in [3.63, 3.8) is 0 Å². The number of nitrogens with one attached hydrogen (secondary N) is 1. The molecule has 1 atom stereocenters. The molecule has 0 saturated carbocycles. The van der Waals surface area contributed by atoms with Crippen LogP contribution in [0.2, 0.25) is 0 Å². The molecule has 1 heterocycles. The van der Waals surface area contributed by atoms with Gasteiger partial charge in [-0.1, -0.05) is 6.92 Å². The number of nitrogens with two attached hydrogens (primary N) is 1. The van der Waals surface area contributed by atoms with Gasteiger partial charge in [-0.15, -0.1) is 0 Å². The quantitative estimate of drug-likeness (QED) is 0.693. The van der Waals surface area contributed by atoms with Crippen LogP contribution in [0.15, 0.2) is 0 Å². The van der Waals surface area contributed by atoms with E-state index in [4.69, 9.17) is 5.73 Å². The highest BCUT2D eigenvalue weighted by molar-refractivity contribution is 7.99. The highest BCUT2D eigenvalue weighted by atomic mass is 32.2. The summed E-state index contributed by atoms with van der Waals surface area (Å²) >= 11 is 2.03. The first-order chi connectivity index (χ1) is 5.83. The zero-order chi connectivity index (χ0) is 8.81. The monoisotopic (exact) mass is 188 g/mol. The Morgan fingerprint density at radius 1 is 1.50 bits per heavy atom. The van der Waals surface area contributed by atoms with Crippen LogP contribution < -0.4 is 11.1 Å². The molecule has 0 aromatic rings. The summed E-state index contributed by atoms with van der Waals surface area (Å²) in [5, 5.41) is 4.02. The minimum Gasteiger partial charge on any atom is -0.329 e. The van der Waals surface area contributed by atoms with Crippen LogP contribution in [0.5, 0.6) is 0 Å². The maximum absolute atomic E-state index is 5.55. The van der Waals surface area contributed by atoms with E-state index >= 15 is 0 Å². The van der Waals surface area contributed by atoms with Crippen LogP contribution in [-0.4, -0.2) is 30.6 Å². The molecule has 0 radical (unpaired) electrons. The first-order valence-electron chi connectivity index (χ1n) is 4.85. The third-order valence-electron chi connectivity index (χ3n) is 2.41. The molecule has 0 amide bonds. The average Bonchev–Trinajstić information content (AvgIpc) is 2.16. The minimum absolute atomic E-state index is 0.639. The second-order valence-electron chi connectivity index (χ2n) is 3.57. The van der Waals surface area contributed by atoms with Crippen molar-refractivity contribution in [2.75, 3.05) is 25.4 Å². The summed E-state index contributed by atoms with van der Waals surface area (Å²) in [7, 11) is 0. The van der Waals surface area contributed by atoms with Crippen LogP contribution in [0.25, 0.3) is 0 Å². The van der Waals surface area contributed by atoms with Gasteiger partial charge in [0.15, 0.2) is 0 Å². The Bertz CT molecular complexity index is 113. The van der Waals surface area contributed by atoms with E-state index in [0.29, 0.717) is 5.25 Å². The SMILES string of the molecule is CC(CN)SCC1CCNCC1. The molecule has 0 aromatic carbocycles. The summed E-state index contributed by atoms with van der Waals surface area (Å²) in [5.41, 5.74) is 5.55. The molecule has 0 spiro atoms. The first-order valence-corrected chi connectivity index (χ1v) is 5.90. The van der Waals surface area contributed by atoms with Gasteiger partial charge in [-0.05, 0) is 37.6 Å². The molecule has 0 aromatic heterocycles. The lowest BCUT2D eigenvalue weighted by Crippen LogP contribution is -2.29. The van der Waals surface area contributed by atoms with Crippen LogP contribution in [0.4, 0.5) is 0 Å². The van der Waals surface area contributed by atoms with Gasteiger partial charge >= 0.3 is 0 Å². The van der Waals surface area contributed by atoms with Crippen molar-refractivity contribution in [2.45, 2.75) is 25.0 Å². The zero-order valence-electron chi connectivity index (χ0n) is 7.88. The number of thioether (sulfide) groups is 1. The maximum Gasteiger partial charge on any atom is 0.0142 e. The van der Waals surface area contributed by atoms with Gasteiger partial charge in [0.25, 0.3) is 0 Å². The smallest absolute Gasteiger partial charge is 0.0142 e. The molecule has 1 aliphatic rings. The van der Waals surface area contributed by atoms with Crippen molar-refractivity contribution in [2.24, 2.45) is 11.7 Å². The molecule has 2 nitrogen and oxygen atoms in total. The Morgan fingerprint density at radius 3 is 2.75 bits per heavy atom. The Morgan fingerprint density at radius 2 is 2.17 bits per heavy atom. The number of hydrogen-bond donors (Lipinski definition) is 2. The summed E-state index contributed by atoms with van der Waals surface area (Å²) in [6.45, 7) is 5.45. The fourth-order valence-electron chi connectivity index (χ4n) is 1.42. The van der Waals surface area contributed by atoms with E-state index in [0.717, 1.165) is 12.5 Å². The van der Waals surface area contributed by atoms with Gasteiger partial charge in [-0.25, -0.2) is 0 Å². The molecule has 1 unspecified atom stereocenters. The molecule has 3 heteroatoms. The van der Waals surface area contributed by atoms with E-state index < -0.39 is 0 Å². The summed E-state index contributed by atoms with van der Waals surface area (Å²) < 4.78 is 0. The highest BCUT2D eigenvalue weighted by Crippen LogP contribution is 2.20. The maximum atomic E-state index is 5.55. The van der Waals surface area contributed by atoms with Crippen molar-refractivity contribution in [1.82, 2.24) is 5.32 Å². The van der Waals surface area contributed by atoms with Crippen molar-refractivity contribution in [3.8, 4) is 0 Å². The molecular formula is C9H20N2S. The van der Waals surface area contributed by atoms with Crippen molar-refractivity contribution < 1.29 is 0 Å².